The van der Waals surface area contributed by atoms with Gasteiger partial charge in [-0.05, 0) is 49.2 Å². The molecular weight excluding hydrogens is 496 g/mol. The van der Waals surface area contributed by atoms with Crippen molar-refractivity contribution in [2.75, 3.05) is 27.8 Å². The van der Waals surface area contributed by atoms with E-state index < -0.39 is 10.0 Å². The zero-order chi connectivity index (χ0) is 24.5. The largest absolute Gasteiger partial charge is 0.339 e. The molecule has 3 aromatic rings. The van der Waals surface area contributed by atoms with E-state index in [9.17, 15) is 13.2 Å². The predicted octanol–water partition coefficient (Wildman–Crippen LogP) is 4.42. The number of carbonyl (C=O) groups is 1. The highest BCUT2D eigenvalue weighted by Crippen LogP contribution is 2.38. The molecule has 178 valence electrons. The van der Waals surface area contributed by atoms with Gasteiger partial charge in [-0.25, -0.2) is 18.5 Å². The minimum Gasteiger partial charge on any atom is -0.339 e. The van der Waals surface area contributed by atoms with Crippen LogP contribution < -0.4 is 20.7 Å². The first-order chi connectivity index (χ1) is 16.2. The van der Waals surface area contributed by atoms with Crippen molar-refractivity contribution < 1.29 is 13.2 Å². The molecule has 9 nitrogen and oxygen atoms in total. The minimum absolute atomic E-state index is 0.0166. The molecule has 1 amide bonds. The lowest BCUT2D eigenvalue weighted by Gasteiger charge is -2.29. The molecule has 0 saturated carbocycles. The lowest BCUT2D eigenvalue weighted by Crippen LogP contribution is -2.35. The quantitative estimate of drug-likeness (QED) is 0.419. The van der Waals surface area contributed by atoms with E-state index in [1.54, 1.807) is 24.0 Å². The van der Waals surface area contributed by atoms with Gasteiger partial charge in [0.05, 0.1) is 22.5 Å². The summed E-state index contributed by atoms with van der Waals surface area (Å²) >= 11 is 7.84. The number of carbonyl (C=O) groups excluding carboxylic acids is 1. The first-order valence-corrected chi connectivity index (χ1v) is 13.3. The molecule has 1 aliphatic rings. The Hall–Kier alpha value is -2.86. The highest BCUT2D eigenvalue weighted by atomic mass is 35.5. The van der Waals surface area contributed by atoms with Crippen molar-refractivity contribution in [2.24, 2.45) is 5.14 Å². The summed E-state index contributed by atoms with van der Waals surface area (Å²) < 4.78 is 23.6. The summed E-state index contributed by atoms with van der Waals surface area (Å²) in [6, 6.07) is 10.5. The highest BCUT2D eigenvalue weighted by Gasteiger charge is 2.24. The Balaban J connectivity index is 1.60. The number of anilines is 5. The van der Waals surface area contributed by atoms with Gasteiger partial charge in [0, 0.05) is 22.8 Å². The number of aryl methyl sites for hydroxylation is 1. The van der Waals surface area contributed by atoms with Crippen LogP contribution in [0.25, 0.3) is 0 Å². The number of nitrogens with two attached hydrogens (primary N) is 1. The number of fused-ring (bicyclic) bond motifs is 1. The van der Waals surface area contributed by atoms with Crippen LogP contribution in [0.5, 0.6) is 0 Å². The van der Waals surface area contributed by atoms with Crippen LogP contribution in [-0.4, -0.2) is 36.6 Å². The Bertz CT molecular complexity index is 1370. The van der Waals surface area contributed by atoms with Crippen molar-refractivity contribution in [3.63, 3.8) is 0 Å². The average molecular weight is 519 g/mol. The third kappa shape index (κ3) is 5.27. The van der Waals surface area contributed by atoms with Crippen molar-refractivity contribution in [3.05, 3.63) is 53.2 Å². The maximum atomic E-state index is 12.4. The molecule has 0 atom stereocenters. The first-order valence-electron chi connectivity index (χ1n) is 10.4. The Morgan fingerprint density at radius 3 is 2.65 bits per heavy atom. The number of nitrogens with zero attached hydrogens (tertiary/aromatic N) is 3. The summed E-state index contributed by atoms with van der Waals surface area (Å²) in [5, 5.41) is 11.8. The fourth-order valence-electron chi connectivity index (χ4n) is 3.51. The van der Waals surface area contributed by atoms with Crippen LogP contribution in [0, 0.1) is 6.92 Å². The van der Waals surface area contributed by atoms with E-state index in [1.165, 1.54) is 24.0 Å². The molecular formula is C22H23ClN6O3S2. The molecule has 1 aromatic heterocycles. The second-order valence-electron chi connectivity index (χ2n) is 7.68. The van der Waals surface area contributed by atoms with Crippen LogP contribution >= 0.6 is 23.4 Å². The molecule has 12 heteroatoms. The van der Waals surface area contributed by atoms with Gasteiger partial charge in [0.1, 0.15) is 5.02 Å². The van der Waals surface area contributed by atoms with Crippen molar-refractivity contribution in [1.82, 2.24) is 9.97 Å². The Labute approximate surface area is 207 Å². The molecule has 0 unspecified atom stereocenters. The molecule has 1 aliphatic heterocycles. The molecule has 0 spiro atoms. The maximum Gasteiger partial charge on any atom is 0.238 e. The Kier molecular flexibility index (Phi) is 6.99. The normalized spacial score (nSPS) is 13.5. The summed E-state index contributed by atoms with van der Waals surface area (Å²) in [6.07, 6.45) is 2.29. The Morgan fingerprint density at radius 1 is 1.18 bits per heavy atom. The number of rotatable bonds is 7. The van der Waals surface area contributed by atoms with Gasteiger partial charge in [0.25, 0.3) is 0 Å². The molecule has 0 aliphatic carbocycles. The monoisotopic (exact) mass is 518 g/mol. The molecule has 2 aromatic carbocycles. The number of hydrogen-bond donors (Lipinski definition) is 3. The second-order valence-corrected chi connectivity index (χ2v) is 10.6. The van der Waals surface area contributed by atoms with Crippen LogP contribution in [-0.2, 0) is 14.8 Å². The fourth-order valence-corrected chi connectivity index (χ4v) is 5.38. The summed E-state index contributed by atoms with van der Waals surface area (Å²) in [5.41, 5.74) is 2.57. The van der Waals surface area contributed by atoms with Crippen LogP contribution in [0.4, 0.5) is 28.8 Å². The van der Waals surface area contributed by atoms with Gasteiger partial charge < -0.3 is 15.5 Å². The van der Waals surface area contributed by atoms with E-state index in [-0.39, 0.29) is 16.8 Å². The fraction of sp³-hybridized carbons (Fsp3) is 0.227. The minimum atomic E-state index is -3.87. The van der Waals surface area contributed by atoms with Gasteiger partial charge >= 0.3 is 0 Å². The number of amides is 1. The summed E-state index contributed by atoms with van der Waals surface area (Å²) in [4.78, 5) is 23.8. The van der Waals surface area contributed by atoms with Crippen LogP contribution in [0.3, 0.4) is 0 Å². The molecule has 34 heavy (non-hydrogen) atoms. The second kappa shape index (κ2) is 9.79. The lowest BCUT2D eigenvalue weighted by molar-refractivity contribution is -0.116. The van der Waals surface area contributed by atoms with Gasteiger partial charge in [-0.1, -0.05) is 24.6 Å². The zero-order valence-electron chi connectivity index (χ0n) is 18.5. The molecule has 4 N–H and O–H groups in total. The molecule has 0 saturated heterocycles. The van der Waals surface area contributed by atoms with E-state index in [0.29, 0.717) is 40.1 Å². The molecule has 0 fully saturated rings. The van der Waals surface area contributed by atoms with E-state index >= 15 is 0 Å². The third-order valence-corrected chi connectivity index (χ3v) is 7.48. The van der Waals surface area contributed by atoms with Gasteiger partial charge in [-0.2, -0.15) is 4.98 Å². The maximum absolute atomic E-state index is 12.4. The summed E-state index contributed by atoms with van der Waals surface area (Å²) in [7, 11) is -3.87. The number of primary sulfonamides is 1. The smallest absolute Gasteiger partial charge is 0.238 e. The standard InChI is InChI=1S/C22H23ClN6O3S2/c1-3-8-29-17-9-14(6-7-18(17)33-12-20(29)30)26-21-16(23)11-25-22(28-21)27-15-5-4-13(2)19(10-15)34(24,31)32/h4-7,9-11H,3,8,12H2,1-2H3,(H2,24,31,32)(H2,25,26,27,28). The van der Waals surface area contributed by atoms with Crippen molar-refractivity contribution in [2.45, 2.75) is 30.1 Å². The number of sulfonamides is 1. The molecule has 2 heterocycles. The number of thioether (sulfide) groups is 1. The summed E-state index contributed by atoms with van der Waals surface area (Å²) in [6.45, 7) is 4.35. The predicted molar refractivity (Wildman–Crippen MR) is 136 cm³/mol. The summed E-state index contributed by atoms with van der Waals surface area (Å²) in [5.74, 6) is 1.08. The van der Waals surface area contributed by atoms with E-state index in [2.05, 4.69) is 20.6 Å². The Morgan fingerprint density at radius 2 is 1.91 bits per heavy atom. The third-order valence-electron chi connectivity index (χ3n) is 5.11. The van der Waals surface area contributed by atoms with Gasteiger partial charge in [0.2, 0.25) is 21.9 Å². The van der Waals surface area contributed by atoms with Crippen molar-refractivity contribution >= 4 is 68.1 Å². The number of benzene rings is 2. The molecule has 4 rings (SSSR count). The molecule has 0 radical (unpaired) electrons. The van der Waals surface area contributed by atoms with E-state index in [0.717, 1.165) is 17.0 Å². The highest BCUT2D eigenvalue weighted by molar-refractivity contribution is 8.00. The van der Waals surface area contributed by atoms with Crippen molar-refractivity contribution in [3.8, 4) is 0 Å². The van der Waals surface area contributed by atoms with Crippen LogP contribution in [0.2, 0.25) is 5.02 Å². The number of halogens is 1. The van der Waals surface area contributed by atoms with E-state index in [1.807, 2.05) is 25.1 Å². The number of nitrogens with one attached hydrogen (secondary N) is 2. The van der Waals surface area contributed by atoms with Gasteiger partial charge in [-0.15, -0.1) is 11.8 Å². The van der Waals surface area contributed by atoms with E-state index in [4.69, 9.17) is 16.7 Å². The van der Waals surface area contributed by atoms with Crippen LogP contribution in [0.1, 0.15) is 18.9 Å². The average Bonchev–Trinajstić information content (AvgIpc) is 2.78. The number of hydrogen-bond acceptors (Lipinski definition) is 8. The first kappa shape index (κ1) is 24.3. The SMILES string of the molecule is CCCN1C(=O)CSc2ccc(Nc3nc(Nc4ccc(C)c(S(N)(=O)=O)c4)ncc3Cl)cc21. The van der Waals surface area contributed by atoms with Gasteiger partial charge in [-0.3, -0.25) is 4.79 Å². The topological polar surface area (TPSA) is 130 Å². The number of aromatic nitrogens is 2. The zero-order valence-corrected chi connectivity index (χ0v) is 20.9. The van der Waals surface area contributed by atoms with Gasteiger partial charge in [0.15, 0.2) is 5.82 Å². The lowest BCUT2D eigenvalue weighted by atomic mass is 10.2. The molecule has 0 bridgehead atoms. The van der Waals surface area contributed by atoms with Crippen LogP contribution in [0.15, 0.2) is 52.4 Å². The van der Waals surface area contributed by atoms with Crippen molar-refractivity contribution in [1.29, 1.82) is 0 Å².